The molecule has 2 unspecified atom stereocenters. The van der Waals surface area contributed by atoms with Crippen LogP contribution in [0.25, 0.3) is 0 Å². The molecule has 3 nitrogen and oxygen atoms in total. The molecule has 0 aromatic heterocycles. The highest BCUT2D eigenvalue weighted by molar-refractivity contribution is 5.94. The van der Waals surface area contributed by atoms with Gasteiger partial charge in [0.15, 0.2) is 11.6 Å². The van der Waals surface area contributed by atoms with Crippen LogP contribution < -0.4 is 0 Å². The van der Waals surface area contributed by atoms with Gasteiger partial charge in [0.2, 0.25) is 0 Å². The maximum Gasteiger partial charge on any atom is 0.254 e. The predicted octanol–water partition coefficient (Wildman–Crippen LogP) is 2.34. The molecule has 0 aliphatic heterocycles. The van der Waals surface area contributed by atoms with E-state index in [1.165, 1.54) is 11.0 Å². The molecule has 1 saturated carbocycles. The van der Waals surface area contributed by atoms with E-state index in [0.29, 0.717) is 6.42 Å². The number of nitrogens with zero attached hydrogens (tertiary/aromatic N) is 1. The van der Waals surface area contributed by atoms with E-state index in [4.69, 9.17) is 0 Å². The van der Waals surface area contributed by atoms with Gasteiger partial charge in [-0.15, -0.1) is 0 Å². The first-order valence-electron chi connectivity index (χ1n) is 6.41. The highest BCUT2D eigenvalue weighted by Crippen LogP contribution is 2.23. The minimum Gasteiger partial charge on any atom is -0.391 e. The monoisotopic (exact) mass is 269 g/mol. The van der Waals surface area contributed by atoms with Gasteiger partial charge in [0.25, 0.3) is 5.91 Å². The Bertz CT molecular complexity index is 479. The van der Waals surface area contributed by atoms with Crippen molar-refractivity contribution in [3.05, 3.63) is 35.4 Å². The van der Waals surface area contributed by atoms with Crippen molar-refractivity contribution in [2.75, 3.05) is 7.05 Å². The van der Waals surface area contributed by atoms with Gasteiger partial charge in [0, 0.05) is 12.6 Å². The van der Waals surface area contributed by atoms with Gasteiger partial charge in [0.1, 0.15) is 0 Å². The minimum absolute atomic E-state index is 0.0965. The molecule has 5 heteroatoms. The molecule has 1 aromatic carbocycles. The largest absolute Gasteiger partial charge is 0.391 e. The molecule has 1 amide bonds. The van der Waals surface area contributed by atoms with Crippen molar-refractivity contribution in [1.29, 1.82) is 0 Å². The summed E-state index contributed by atoms with van der Waals surface area (Å²) in [7, 11) is 1.59. The molecule has 0 saturated heterocycles. The van der Waals surface area contributed by atoms with Crippen molar-refractivity contribution in [3.63, 3.8) is 0 Å². The van der Waals surface area contributed by atoms with Crippen molar-refractivity contribution in [1.82, 2.24) is 4.90 Å². The van der Waals surface area contributed by atoms with Crippen molar-refractivity contribution >= 4 is 5.91 Å². The van der Waals surface area contributed by atoms with Gasteiger partial charge in [-0.3, -0.25) is 4.79 Å². The lowest BCUT2D eigenvalue weighted by molar-refractivity contribution is 0.0267. The van der Waals surface area contributed by atoms with Crippen molar-refractivity contribution in [2.45, 2.75) is 37.8 Å². The summed E-state index contributed by atoms with van der Waals surface area (Å²) < 4.78 is 26.0. The van der Waals surface area contributed by atoms with Crippen LogP contribution in [-0.2, 0) is 0 Å². The fourth-order valence-electron chi connectivity index (χ4n) is 2.53. The number of benzene rings is 1. The summed E-state index contributed by atoms with van der Waals surface area (Å²) in [4.78, 5) is 13.6. The average Bonchev–Trinajstić information content (AvgIpc) is 2.41. The predicted molar refractivity (Wildman–Crippen MR) is 66.7 cm³/mol. The number of likely N-dealkylation sites (N-methyl/N-ethyl adjacent to an activating group) is 1. The third-order valence-electron chi connectivity index (χ3n) is 3.68. The SMILES string of the molecule is CN(C(=O)c1ccc(F)c(F)c1)C1CCCCC1O. The van der Waals surface area contributed by atoms with E-state index in [2.05, 4.69) is 0 Å². The molecule has 2 rings (SSSR count). The Kier molecular flexibility index (Phi) is 4.14. The Balaban J connectivity index is 2.15. The maximum atomic E-state index is 13.1. The van der Waals surface area contributed by atoms with Gasteiger partial charge in [-0.05, 0) is 31.0 Å². The Morgan fingerprint density at radius 3 is 2.58 bits per heavy atom. The zero-order valence-electron chi connectivity index (χ0n) is 10.8. The lowest BCUT2D eigenvalue weighted by atomic mass is 9.91. The van der Waals surface area contributed by atoms with Crippen LogP contribution in [0.2, 0.25) is 0 Å². The number of aliphatic hydroxyl groups is 1. The van der Waals surface area contributed by atoms with E-state index in [1.807, 2.05) is 0 Å². The van der Waals surface area contributed by atoms with Gasteiger partial charge >= 0.3 is 0 Å². The van der Waals surface area contributed by atoms with Crippen LogP contribution in [0.3, 0.4) is 0 Å². The molecular weight excluding hydrogens is 252 g/mol. The average molecular weight is 269 g/mol. The van der Waals surface area contributed by atoms with E-state index in [-0.39, 0.29) is 11.6 Å². The second-order valence-electron chi connectivity index (χ2n) is 4.96. The number of rotatable bonds is 2. The standard InChI is InChI=1S/C14H17F2NO2/c1-17(12-4-2-3-5-13(12)18)14(19)9-6-7-10(15)11(16)8-9/h6-8,12-13,18H,2-5H2,1H3. The first kappa shape index (κ1) is 13.9. The first-order valence-corrected chi connectivity index (χ1v) is 6.41. The Hall–Kier alpha value is -1.49. The summed E-state index contributed by atoms with van der Waals surface area (Å²) in [6, 6.07) is 2.83. The van der Waals surface area contributed by atoms with E-state index in [9.17, 15) is 18.7 Å². The van der Waals surface area contributed by atoms with Crippen LogP contribution in [0.15, 0.2) is 18.2 Å². The van der Waals surface area contributed by atoms with E-state index >= 15 is 0 Å². The highest BCUT2D eigenvalue weighted by Gasteiger charge is 2.30. The van der Waals surface area contributed by atoms with Crippen LogP contribution in [-0.4, -0.2) is 35.1 Å². The summed E-state index contributed by atoms with van der Waals surface area (Å²) in [5, 5.41) is 9.91. The van der Waals surface area contributed by atoms with E-state index < -0.39 is 23.6 Å². The van der Waals surface area contributed by atoms with Gasteiger partial charge < -0.3 is 10.0 Å². The smallest absolute Gasteiger partial charge is 0.254 e. The normalized spacial score (nSPS) is 23.2. The van der Waals surface area contributed by atoms with Crippen LogP contribution >= 0.6 is 0 Å². The molecule has 0 radical (unpaired) electrons. The fraction of sp³-hybridized carbons (Fsp3) is 0.500. The number of carbonyl (C=O) groups excluding carboxylic acids is 1. The molecule has 0 spiro atoms. The third kappa shape index (κ3) is 2.92. The molecule has 1 aliphatic carbocycles. The molecular formula is C14H17F2NO2. The van der Waals surface area contributed by atoms with Gasteiger partial charge in [-0.25, -0.2) is 8.78 Å². The Labute approximate surface area is 110 Å². The van der Waals surface area contributed by atoms with Crippen molar-refractivity contribution < 1.29 is 18.7 Å². The van der Waals surface area contributed by atoms with E-state index in [1.54, 1.807) is 7.05 Å². The van der Waals surface area contributed by atoms with Gasteiger partial charge in [-0.2, -0.15) is 0 Å². The summed E-state index contributed by atoms with van der Waals surface area (Å²) in [5.74, 6) is -2.41. The van der Waals surface area contributed by atoms with Crippen molar-refractivity contribution in [3.8, 4) is 0 Å². The van der Waals surface area contributed by atoms with Crippen LogP contribution in [0, 0.1) is 11.6 Å². The molecule has 1 aliphatic rings. The summed E-state index contributed by atoms with van der Waals surface area (Å²) in [5.41, 5.74) is 0.0965. The lowest BCUT2D eigenvalue weighted by Crippen LogP contribution is -2.46. The van der Waals surface area contributed by atoms with Crippen LogP contribution in [0.5, 0.6) is 0 Å². The number of carbonyl (C=O) groups is 1. The summed E-state index contributed by atoms with van der Waals surface area (Å²) in [6.45, 7) is 0. The molecule has 0 heterocycles. The Morgan fingerprint density at radius 1 is 1.26 bits per heavy atom. The minimum atomic E-state index is -1.04. The van der Waals surface area contributed by atoms with Gasteiger partial charge in [-0.1, -0.05) is 12.8 Å². The molecule has 19 heavy (non-hydrogen) atoms. The van der Waals surface area contributed by atoms with Gasteiger partial charge in [0.05, 0.1) is 12.1 Å². The van der Waals surface area contributed by atoms with Crippen LogP contribution in [0.4, 0.5) is 8.78 Å². The third-order valence-corrected chi connectivity index (χ3v) is 3.68. The molecule has 1 aromatic rings. The fourth-order valence-corrected chi connectivity index (χ4v) is 2.53. The molecule has 0 bridgehead atoms. The Morgan fingerprint density at radius 2 is 1.95 bits per heavy atom. The molecule has 104 valence electrons. The highest BCUT2D eigenvalue weighted by atomic mass is 19.2. The van der Waals surface area contributed by atoms with Crippen LogP contribution in [0.1, 0.15) is 36.0 Å². The quantitative estimate of drug-likeness (QED) is 0.895. The maximum absolute atomic E-state index is 13.1. The first-order chi connectivity index (χ1) is 9.00. The lowest BCUT2D eigenvalue weighted by Gasteiger charge is -2.35. The zero-order chi connectivity index (χ0) is 14.0. The second-order valence-corrected chi connectivity index (χ2v) is 4.96. The number of hydrogen-bond donors (Lipinski definition) is 1. The number of hydrogen-bond acceptors (Lipinski definition) is 2. The second kappa shape index (κ2) is 5.65. The molecule has 1 N–H and O–H groups in total. The molecule has 2 atom stereocenters. The van der Waals surface area contributed by atoms with E-state index in [0.717, 1.165) is 31.4 Å². The summed E-state index contributed by atoms with van der Waals surface area (Å²) >= 11 is 0. The topological polar surface area (TPSA) is 40.5 Å². The molecule has 1 fully saturated rings. The number of halogens is 2. The number of aliphatic hydroxyl groups excluding tert-OH is 1. The summed E-state index contributed by atoms with van der Waals surface area (Å²) in [6.07, 6.45) is 2.75. The zero-order valence-corrected chi connectivity index (χ0v) is 10.8. The van der Waals surface area contributed by atoms with Crippen molar-refractivity contribution in [2.24, 2.45) is 0 Å². The number of amides is 1.